The maximum Gasteiger partial charge on any atom is 0.213 e. The summed E-state index contributed by atoms with van der Waals surface area (Å²) in [6.45, 7) is 2.34. The van der Waals surface area contributed by atoms with Crippen molar-refractivity contribution in [3.8, 4) is 0 Å². The van der Waals surface area contributed by atoms with Crippen LogP contribution in [0.15, 0.2) is 59.6 Å². The van der Waals surface area contributed by atoms with Crippen molar-refractivity contribution in [3.63, 3.8) is 0 Å². The van der Waals surface area contributed by atoms with E-state index in [9.17, 15) is 8.42 Å². The zero-order valence-electron chi connectivity index (χ0n) is 14.0. The van der Waals surface area contributed by atoms with Crippen LogP contribution in [0.2, 0.25) is 0 Å². The summed E-state index contributed by atoms with van der Waals surface area (Å²) < 4.78 is 26.4. The summed E-state index contributed by atoms with van der Waals surface area (Å²) in [6.07, 6.45) is 0. The van der Waals surface area contributed by atoms with Gasteiger partial charge in [0.05, 0.1) is 12.3 Å². The fraction of sp³-hybridized carbons (Fsp3) is 0.235. The molecule has 136 valence electrons. The number of nitrogens with one attached hydrogen (secondary N) is 2. The molecule has 2 rings (SSSR count). The van der Waals surface area contributed by atoms with Gasteiger partial charge in [0.25, 0.3) is 0 Å². The average Bonchev–Trinajstić information content (AvgIpc) is 2.54. The number of rotatable bonds is 7. The van der Waals surface area contributed by atoms with Crippen LogP contribution in [0.4, 0.5) is 5.69 Å². The van der Waals surface area contributed by atoms with Crippen LogP contribution < -0.4 is 15.8 Å². The van der Waals surface area contributed by atoms with Crippen LogP contribution in [-0.4, -0.2) is 26.7 Å². The molecule has 4 N–H and O–H groups in total. The highest BCUT2D eigenvalue weighted by atomic mass is 127. The third kappa shape index (κ3) is 8.32. The van der Waals surface area contributed by atoms with E-state index in [-0.39, 0.29) is 48.8 Å². The lowest BCUT2D eigenvalue weighted by Gasteiger charge is -2.07. The van der Waals surface area contributed by atoms with Gasteiger partial charge in [-0.05, 0) is 30.2 Å². The molecule has 0 heterocycles. The molecular formula is C17H23IN4O2S. The molecule has 25 heavy (non-hydrogen) atoms. The van der Waals surface area contributed by atoms with E-state index >= 15 is 0 Å². The summed E-state index contributed by atoms with van der Waals surface area (Å²) in [7, 11) is -3.40. The van der Waals surface area contributed by atoms with E-state index in [1.54, 1.807) is 0 Å². The Balaban J connectivity index is 0.00000312. The van der Waals surface area contributed by atoms with Crippen molar-refractivity contribution < 1.29 is 8.42 Å². The minimum Gasteiger partial charge on any atom is -0.370 e. The lowest BCUT2D eigenvalue weighted by atomic mass is 10.2. The Morgan fingerprint density at radius 1 is 1.12 bits per heavy atom. The van der Waals surface area contributed by atoms with Gasteiger partial charge in [-0.3, -0.25) is 4.99 Å². The molecule has 2 aromatic rings. The van der Waals surface area contributed by atoms with Gasteiger partial charge >= 0.3 is 0 Å². The molecule has 0 spiro atoms. The van der Waals surface area contributed by atoms with Gasteiger partial charge in [0.2, 0.25) is 10.0 Å². The Labute approximate surface area is 166 Å². The van der Waals surface area contributed by atoms with Crippen molar-refractivity contribution in [2.24, 2.45) is 10.7 Å². The number of aliphatic imine (C=N–C) groups is 1. The van der Waals surface area contributed by atoms with Crippen LogP contribution in [0.3, 0.4) is 0 Å². The van der Waals surface area contributed by atoms with Crippen molar-refractivity contribution in [3.05, 3.63) is 65.7 Å². The summed E-state index contributed by atoms with van der Waals surface area (Å²) in [4.78, 5) is 4.05. The first-order valence-corrected chi connectivity index (χ1v) is 9.25. The largest absolute Gasteiger partial charge is 0.370 e. The van der Waals surface area contributed by atoms with Crippen molar-refractivity contribution in [1.82, 2.24) is 4.72 Å². The highest BCUT2D eigenvalue weighted by Crippen LogP contribution is 2.08. The fourth-order valence-corrected chi connectivity index (χ4v) is 2.92. The maximum absolute atomic E-state index is 11.9. The molecule has 0 unspecified atom stereocenters. The second-order valence-electron chi connectivity index (χ2n) is 5.39. The SMILES string of the molecule is Cc1cccc(NC(N)=NCCS(=O)(=O)NCc2ccccc2)c1.I. The second-order valence-corrected chi connectivity index (χ2v) is 7.31. The molecular weight excluding hydrogens is 451 g/mol. The Morgan fingerprint density at radius 2 is 1.84 bits per heavy atom. The fourth-order valence-electron chi connectivity index (χ4n) is 2.06. The third-order valence-electron chi connectivity index (χ3n) is 3.27. The van der Waals surface area contributed by atoms with Crippen LogP contribution in [-0.2, 0) is 16.6 Å². The van der Waals surface area contributed by atoms with Crippen LogP contribution >= 0.6 is 24.0 Å². The first kappa shape index (κ1) is 21.4. The normalized spacial score (nSPS) is 11.6. The Morgan fingerprint density at radius 3 is 2.52 bits per heavy atom. The molecule has 0 saturated carbocycles. The van der Waals surface area contributed by atoms with E-state index in [1.165, 1.54) is 0 Å². The molecule has 0 radical (unpaired) electrons. The second kappa shape index (κ2) is 10.4. The minimum absolute atomic E-state index is 0. The minimum atomic E-state index is -3.40. The zero-order chi connectivity index (χ0) is 17.4. The molecule has 0 fully saturated rings. The maximum atomic E-state index is 11.9. The molecule has 0 aliphatic rings. The number of benzene rings is 2. The van der Waals surface area contributed by atoms with E-state index in [2.05, 4.69) is 15.0 Å². The standard InChI is InChI=1S/C17H22N4O2S.HI/c1-14-6-5-9-16(12-14)21-17(18)19-10-11-24(22,23)20-13-15-7-3-2-4-8-15;/h2-9,12,20H,10-11,13H2,1H3,(H3,18,19,21);1H. The molecule has 0 bridgehead atoms. The Kier molecular flexibility index (Phi) is 8.87. The number of nitrogens with zero attached hydrogens (tertiary/aromatic N) is 1. The van der Waals surface area contributed by atoms with Crippen LogP contribution in [0.1, 0.15) is 11.1 Å². The summed E-state index contributed by atoms with van der Waals surface area (Å²) in [5.74, 6) is 0.0783. The van der Waals surface area contributed by atoms with Gasteiger partial charge in [-0.2, -0.15) is 0 Å². The summed E-state index contributed by atoms with van der Waals surface area (Å²) >= 11 is 0. The molecule has 0 saturated heterocycles. The van der Waals surface area contributed by atoms with Crippen LogP contribution in [0.25, 0.3) is 0 Å². The van der Waals surface area contributed by atoms with Gasteiger partial charge in [0.1, 0.15) is 0 Å². The van der Waals surface area contributed by atoms with Gasteiger partial charge in [0, 0.05) is 12.2 Å². The van der Waals surface area contributed by atoms with Gasteiger partial charge in [-0.1, -0.05) is 42.5 Å². The molecule has 0 aromatic heterocycles. The Bertz CT molecular complexity index is 795. The lowest BCUT2D eigenvalue weighted by molar-refractivity contribution is 0.581. The van der Waals surface area contributed by atoms with Gasteiger partial charge in [-0.15, -0.1) is 24.0 Å². The highest BCUT2D eigenvalue weighted by Gasteiger charge is 2.09. The molecule has 2 aromatic carbocycles. The summed E-state index contributed by atoms with van der Waals surface area (Å²) in [6, 6.07) is 17.0. The van der Waals surface area contributed by atoms with E-state index in [4.69, 9.17) is 5.73 Å². The van der Waals surface area contributed by atoms with Gasteiger partial charge in [0.15, 0.2) is 5.96 Å². The molecule has 0 atom stereocenters. The van der Waals surface area contributed by atoms with E-state index in [1.807, 2.05) is 61.5 Å². The monoisotopic (exact) mass is 474 g/mol. The number of guanidine groups is 1. The number of nitrogens with two attached hydrogens (primary N) is 1. The molecule has 6 nitrogen and oxygen atoms in total. The van der Waals surface area contributed by atoms with E-state index < -0.39 is 10.0 Å². The number of halogens is 1. The quantitative estimate of drug-likeness (QED) is 0.326. The first-order valence-electron chi connectivity index (χ1n) is 7.59. The zero-order valence-corrected chi connectivity index (χ0v) is 17.1. The van der Waals surface area contributed by atoms with Crippen molar-refractivity contribution in [2.45, 2.75) is 13.5 Å². The number of hydrogen-bond donors (Lipinski definition) is 3. The molecule has 0 aliphatic carbocycles. The highest BCUT2D eigenvalue weighted by molar-refractivity contribution is 14.0. The van der Waals surface area contributed by atoms with E-state index in [0.717, 1.165) is 16.8 Å². The number of sulfonamides is 1. The average molecular weight is 474 g/mol. The van der Waals surface area contributed by atoms with Crippen molar-refractivity contribution in [2.75, 3.05) is 17.6 Å². The topological polar surface area (TPSA) is 96.6 Å². The van der Waals surface area contributed by atoms with Crippen LogP contribution in [0, 0.1) is 6.92 Å². The number of hydrogen-bond acceptors (Lipinski definition) is 3. The van der Waals surface area contributed by atoms with Gasteiger partial charge in [-0.25, -0.2) is 13.1 Å². The van der Waals surface area contributed by atoms with Crippen LogP contribution in [0.5, 0.6) is 0 Å². The Hall–Kier alpha value is -1.65. The van der Waals surface area contributed by atoms with Crippen molar-refractivity contribution >= 4 is 45.6 Å². The summed E-state index contributed by atoms with van der Waals surface area (Å²) in [5.41, 5.74) is 8.60. The third-order valence-corrected chi connectivity index (χ3v) is 4.58. The molecule has 0 aliphatic heterocycles. The predicted octanol–water partition coefficient (Wildman–Crippen LogP) is 2.46. The van der Waals surface area contributed by atoms with Gasteiger partial charge < -0.3 is 11.1 Å². The smallest absolute Gasteiger partial charge is 0.213 e. The molecule has 0 amide bonds. The van der Waals surface area contributed by atoms with E-state index in [0.29, 0.717) is 0 Å². The summed E-state index contributed by atoms with van der Waals surface area (Å²) in [5, 5.41) is 2.94. The first-order chi connectivity index (χ1) is 11.4. The van der Waals surface area contributed by atoms with Crippen molar-refractivity contribution in [1.29, 1.82) is 0 Å². The predicted molar refractivity (Wildman–Crippen MR) is 114 cm³/mol. The number of aryl methyl sites for hydroxylation is 1. The number of anilines is 1. The molecule has 8 heteroatoms. The lowest BCUT2D eigenvalue weighted by Crippen LogP contribution is -2.28.